The summed E-state index contributed by atoms with van der Waals surface area (Å²) in [7, 11) is 0. The van der Waals surface area contributed by atoms with Gasteiger partial charge in [0, 0.05) is 38.1 Å². The van der Waals surface area contributed by atoms with E-state index < -0.39 is 84.6 Å². The second-order valence-electron chi connectivity index (χ2n) is 8.79. The van der Waals surface area contributed by atoms with Gasteiger partial charge in [-0.05, 0) is 53.0 Å². The second kappa shape index (κ2) is 8.22. The first-order chi connectivity index (χ1) is 24.7. The van der Waals surface area contributed by atoms with Crippen molar-refractivity contribution in [1.82, 2.24) is 9.55 Å². The zero-order chi connectivity index (χ0) is 37.2. The normalized spacial score (nSPS) is 16.8. The Balaban J connectivity index is 1.66. The molecular weight excluding hydrogens is 460 g/mol. The number of H-pyrrole nitrogens is 1. The first-order valence-corrected chi connectivity index (χ1v) is 11.9. The molecule has 0 aliphatic carbocycles. The molecule has 0 amide bonds. The van der Waals surface area contributed by atoms with E-state index in [0.29, 0.717) is 11.3 Å². The minimum atomic E-state index is -0.622. The Morgan fingerprint density at radius 2 is 1.26 bits per heavy atom. The van der Waals surface area contributed by atoms with Crippen molar-refractivity contribution in [3.05, 3.63) is 139 Å². The van der Waals surface area contributed by atoms with Crippen LogP contribution in [0.5, 0.6) is 0 Å². The fourth-order valence-corrected chi connectivity index (χ4v) is 5.06. The third-order valence-electron chi connectivity index (χ3n) is 6.70. The van der Waals surface area contributed by atoms with Crippen molar-refractivity contribution >= 4 is 43.6 Å². The lowest BCUT2D eigenvalue weighted by atomic mass is 9.98. The van der Waals surface area contributed by atoms with Gasteiger partial charge in [0.2, 0.25) is 0 Å². The number of rotatable bonds is 3. The van der Waals surface area contributed by atoms with Crippen LogP contribution in [-0.2, 0) is 0 Å². The lowest BCUT2D eigenvalue weighted by Gasteiger charge is -2.14. The molecule has 8 aromatic rings. The molecule has 0 atom stereocenters. The Bertz CT molecular complexity index is 2890. The van der Waals surface area contributed by atoms with E-state index in [1.165, 1.54) is 4.57 Å². The number of aromatic amines is 1. The molecule has 2 heteroatoms. The molecule has 38 heavy (non-hydrogen) atoms. The number of nitrogens with zero attached hydrogens (tertiary/aromatic N) is 1. The molecule has 0 unspecified atom stereocenters. The minimum absolute atomic E-state index is 0.0597. The predicted octanol–water partition coefficient (Wildman–Crippen LogP) is 9.75. The van der Waals surface area contributed by atoms with E-state index in [2.05, 4.69) is 4.98 Å². The lowest BCUT2D eigenvalue weighted by molar-refractivity contribution is 1.18. The fourth-order valence-electron chi connectivity index (χ4n) is 5.06. The summed E-state index contributed by atoms with van der Waals surface area (Å²) in [4.78, 5) is 2.81. The van der Waals surface area contributed by atoms with Gasteiger partial charge < -0.3 is 9.55 Å². The van der Waals surface area contributed by atoms with Gasteiger partial charge in [0.05, 0.1) is 35.9 Å². The van der Waals surface area contributed by atoms with Gasteiger partial charge in [-0.3, -0.25) is 0 Å². The van der Waals surface area contributed by atoms with Gasteiger partial charge in [0.1, 0.15) is 0 Å². The number of aromatic nitrogens is 2. The van der Waals surface area contributed by atoms with E-state index in [4.69, 9.17) is 13.7 Å². The molecule has 0 saturated carbocycles. The topological polar surface area (TPSA) is 20.7 Å². The molecular formula is C36H24N2. The van der Waals surface area contributed by atoms with Gasteiger partial charge in [0.15, 0.2) is 0 Å². The summed E-state index contributed by atoms with van der Waals surface area (Å²) >= 11 is 0. The summed E-state index contributed by atoms with van der Waals surface area (Å²) in [6, 6.07) is 8.76. The standard InChI is InChI=1S/C36H24N2/c1-2-11-24(12-3-1)26-13-5-8-18-33(26)38-34-19-9-6-15-29(34)36-27(16-10-20-35(36)38)25-21-22-32-30(23-25)28-14-4-7-17-31(28)37-32/h1-23,37H/i4D,6D,7D,9D,10D,14D,15D,16D,17D,19D,20D,21D,22D,23D. The second-order valence-corrected chi connectivity index (χ2v) is 8.79. The summed E-state index contributed by atoms with van der Waals surface area (Å²) in [5.74, 6) is 0. The molecule has 1 N–H and O–H groups in total. The van der Waals surface area contributed by atoms with Gasteiger partial charge in [-0.25, -0.2) is 0 Å². The molecule has 0 radical (unpaired) electrons. The summed E-state index contributed by atoms with van der Waals surface area (Å²) in [5.41, 5.74) is 0.801. The van der Waals surface area contributed by atoms with E-state index in [1.807, 2.05) is 36.4 Å². The summed E-state index contributed by atoms with van der Waals surface area (Å²) < 4.78 is 126. The Morgan fingerprint density at radius 1 is 0.526 bits per heavy atom. The third-order valence-corrected chi connectivity index (χ3v) is 6.70. The van der Waals surface area contributed by atoms with Crippen LogP contribution in [0.1, 0.15) is 19.2 Å². The maximum Gasteiger partial charge on any atom is 0.0645 e. The zero-order valence-corrected chi connectivity index (χ0v) is 19.6. The van der Waals surface area contributed by atoms with Crippen molar-refractivity contribution < 1.29 is 19.2 Å². The van der Waals surface area contributed by atoms with Gasteiger partial charge in [-0.2, -0.15) is 0 Å². The van der Waals surface area contributed by atoms with E-state index in [9.17, 15) is 5.48 Å². The fraction of sp³-hybridized carbons (Fsp3) is 0. The van der Waals surface area contributed by atoms with Crippen LogP contribution in [0.2, 0.25) is 0 Å². The average molecular weight is 499 g/mol. The summed E-state index contributed by atoms with van der Waals surface area (Å²) in [6.45, 7) is 0. The molecule has 0 saturated heterocycles. The van der Waals surface area contributed by atoms with Crippen molar-refractivity contribution in [2.45, 2.75) is 0 Å². The molecule has 2 aromatic heterocycles. The number of nitrogens with one attached hydrogen (secondary N) is 1. The first kappa shape index (κ1) is 11.5. The van der Waals surface area contributed by atoms with E-state index in [1.54, 1.807) is 18.2 Å². The van der Waals surface area contributed by atoms with Crippen molar-refractivity contribution in [2.24, 2.45) is 0 Å². The molecule has 8 rings (SSSR count). The zero-order valence-electron chi connectivity index (χ0n) is 33.6. The minimum Gasteiger partial charge on any atom is -0.355 e. The van der Waals surface area contributed by atoms with Crippen LogP contribution in [-0.4, -0.2) is 9.55 Å². The van der Waals surface area contributed by atoms with Crippen molar-refractivity contribution in [2.75, 3.05) is 0 Å². The molecule has 0 spiro atoms. The third kappa shape index (κ3) is 3.07. The van der Waals surface area contributed by atoms with Gasteiger partial charge >= 0.3 is 0 Å². The number of benzene rings is 6. The number of fused-ring (bicyclic) bond motifs is 6. The van der Waals surface area contributed by atoms with Crippen LogP contribution in [0.3, 0.4) is 0 Å². The largest absolute Gasteiger partial charge is 0.355 e. The molecule has 2 nitrogen and oxygen atoms in total. The van der Waals surface area contributed by atoms with Crippen LogP contribution in [0.15, 0.2) is 139 Å². The highest BCUT2D eigenvalue weighted by molar-refractivity contribution is 6.17. The SMILES string of the molecule is [2H]c1c([2H])c([2H])c2c([nH]c3c([2H])c([2H])c(-c4c([2H])c([2H])c([2H])c5c4c4c([2H])c([2H])c([2H])c([2H])c4n5-c4ccccc4-c4ccccc4)c([2H])c32)c1[2H]. The van der Waals surface area contributed by atoms with Gasteiger partial charge in [-0.15, -0.1) is 0 Å². The molecule has 0 aliphatic rings. The maximum absolute atomic E-state index is 9.47. The highest BCUT2D eigenvalue weighted by atomic mass is 15.0. The van der Waals surface area contributed by atoms with Crippen molar-refractivity contribution in [3.8, 4) is 27.9 Å². The number of hydrogen-bond acceptors (Lipinski definition) is 0. The molecule has 0 bridgehead atoms. The summed E-state index contributed by atoms with van der Waals surface area (Å²) in [5, 5.41) is -0.439. The van der Waals surface area contributed by atoms with Crippen molar-refractivity contribution in [1.29, 1.82) is 0 Å². The summed E-state index contributed by atoms with van der Waals surface area (Å²) in [6.07, 6.45) is 0. The van der Waals surface area contributed by atoms with Crippen molar-refractivity contribution in [3.63, 3.8) is 0 Å². The Kier molecular flexibility index (Phi) is 2.50. The molecule has 0 aliphatic heterocycles. The Morgan fingerprint density at radius 3 is 2.18 bits per heavy atom. The predicted molar refractivity (Wildman–Crippen MR) is 161 cm³/mol. The van der Waals surface area contributed by atoms with Gasteiger partial charge in [-0.1, -0.05) is 103 Å². The van der Waals surface area contributed by atoms with Crippen LogP contribution in [0, 0.1) is 0 Å². The van der Waals surface area contributed by atoms with E-state index >= 15 is 0 Å². The highest BCUT2D eigenvalue weighted by Crippen LogP contribution is 2.41. The molecule has 0 fully saturated rings. The smallest absolute Gasteiger partial charge is 0.0645 e. The monoisotopic (exact) mass is 498 g/mol. The molecule has 6 aromatic carbocycles. The Labute approximate surface area is 240 Å². The van der Waals surface area contributed by atoms with E-state index in [-0.39, 0.29) is 54.7 Å². The lowest BCUT2D eigenvalue weighted by Crippen LogP contribution is -1.97. The number of para-hydroxylation sites is 3. The molecule has 2 heterocycles. The molecule has 178 valence electrons. The first-order valence-electron chi connectivity index (χ1n) is 18.9. The van der Waals surface area contributed by atoms with Crippen LogP contribution in [0.4, 0.5) is 0 Å². The highest BCUT2D eigenvalue weighted by Gasteiger charge is 2.18. The maximum atomic E-state index is 9.47. The van der Waals surface area contributed by atoms with Crippen LogP contribution in [0.25, 0.3) is 71.6 Å². The Hall–Kier alpha value is -5.08. The average Bonchev–Trinajstić information content (AvgIpc) is 3.73. The van der Waals surface area contributed by atoms with E-state index in [0.717, 1.165) is 5.56 Å². The van der Waals surface area contributed by atoms with Gasteiger partial charge in [0.25, 0.3) is 0 Å². The van der Waals surface area contributed by atoms with Crippen LogP contribution >= 0.6 is 0 Å². The van der Waals surface area contributed by atoms with Crippen LogP contribution < -0.4 is 0 Å². The number of hydrogen-bond donors (Lipinski definition) is 1. The quantitative estimate of drug-likeness (QED) is 0.250.